The third kappa shape index (κ3) is 4.56. The fourth-order valence-corrected chi connectivity index (χ4v) is 3.29. The Morgan fingerprint density at radius 1 is 1.25 bits per heavy atom. The molecule has 1 atom stereocenters. The van der Waals surface area contributed by atoms with Crippen molar-refractivity contribution in [3.63, 3.8) is 0 Å². The molecule has 1 saturated heterocycles. The Balaban J connectivity index is 1.49. The maximum atomic E-state index is 12.9. The van der Waals surface area contributed by atoms with Gasteiger partial charge >= 0.3 is 6.18 Å². The van der Waals surface area contributed by atoms with Gasteiger partial charge in [-0.15, -0.1) is 10.2 Å². The van der Waals surface area contributed by atoms with E-state index in [4.69, 9.17) is 14.4 Å². The molecule has 1 N–H and O–H groups in total. The van der Waals surface area contributed by atoms with Gasteiger partial charge in [0.25, 0.3) is 5.89 Å². The molecule has 166 valence electrons. The van der Waals surface area contributed by atoms with Crippen LogP contribution in [0, 0.1) is 11.8 Å². The maximum absolute atomic E-state index is 12.9. The summed E-state index contributed by atoms with van der Waals surface area (Å²) in [6, 6.07) is 8.29. The molecule has 3 heterocycles. The molecular weight excluding hydrogens is 427 g/mol. The van der Waals surface area contributed by atoms with Gasteiger partial charge in [-0.05, 0) is 30.3 Å². The molecule has 8 nitrogen and oxygen atoms in total. The van der Waals surface area contributed by atoms with Gasteiger partial charge in [-0.3, -0.25) is 0 Å². The standard InChI is InChI=1S/C21H18F3N5O3/c1-31-20(8-7-14-3-2-4-15(11-14)21(22,23)24)9-10-29(13-20)18-6-5-16(26-27-18)19-25-17(12-30)28-32-19/h2-6,11,30H,9-10,12-13H2,1H3. The van der Waals surface area contributed by atoms with E-state index >= 15 is 0 Å². The van der Waals surface area contributed by atoms with Crippen LogP contribution in [0.1, 0.15) is 23.4 Å². The molecule has 0 radical (unpaired) electrons. The first kappa shape index (κ1) is 21.7. The lowest BCUT2D eigenvalue weighted by molar-refractivity contribution is -0.137. The molecule has 3 aromatic rings. The number of hydrogen-bond acceptors (Lipinski definition) is 8. The van der Waals surface area contributed by atoms with Crippen molar-refractivity contribution in [2.75, 3.05) is 25.1 Å². The molecular formula is C21H18F3N5O3. The lowest BCUT2D eigenvalue weighted by atomic mass is 10.0. The summed E-state index contributed by atoms with van der Waals surface area (Å²) in [5, 5.41) is 20.9. The Hall–Kier alpha value is -3.49. The molecule has 1 aliphatic rings. The second-order valence-electron chi connectivity index (χ2n) is 7.15. The van der Waals surface area contributed by atoms with E-state index in [0.29, 0.717) is 31.0 Å². The third-order valence-electron chi connectivity index (χ3n) is 5.05. The summed E-state index contributed by atoms with van der Waals surface area (Å²) in [6.07, 6.45) is -3.88. The summed E-state index contributed by atoms with van der Waals surface area (Å²) in [6.45, 7) is 0.608. The summed E-state index contributed by atoms with van der Waals surface area (Å²) >= 11 is 0. The molecule has 1 unspecified atom stereocenters. The molecule has 0 aliphatic carbocycles. The van der Waals surface area contributed by atoms with Crippen LogP contribution in [0.3, 0.4) is 0 Å². The normalized spacial score (nSPS) is 18.5. The quantitative estimate of drug-likeness (QED) is 0.613. The Kier molecular flexibility index (Phi) is 5.82. The SMILES string of the molecule is COC1(C#Cc2cccc(C(F)(F)F)c2)CCN(c2ccc(-c3nc(CO)no3)nn2)C1. The fraction of sp³-hybridized carbons (Fsp3) is 0.333. The number of methoxy groups -OCH3 is 1. The Bertz CT molecular complexity index is 1150. The van der Waals surface area contributed by atoms with Crippen LogP contribution in [-0.4, -0.2) is 51.2 Å². The van der Waals surface area contributed by atoms with Crippen LogP contribution in [0.4, 0.5) is 19.0 Å². The number of halogens is 3. The van der Waals surface area contributed by atoms with Crippen molar-refractivity contribution in [1.29, 1.82) is 0 Å². The van der Waals surface area contributed by atoms with Gasteiger partial charge in [0.05, 0.1) is 12.1 Å². The number of nitrogens with zero attached hydrogens (tertiary/aromatic N) is 5. The van der Waals surface area contributed by atoms with Gasteiger partial charge in [0.1, 0.15) is 12.2 Å². The number of ether oxygens (including phenoxy) is 1. The van der Waals surface area contributed by atoms with Gasteiger partial charge in [-0.2, -0.15) is 18.2 Å². The summed E-state index contributed by atoms with van der Waals surface area (Å²) in [5.74, 6) is 6.69. The van der Waals surface area contributed by atoms with Crippen molar-refractivity contribution in [3.05, 3.63) is 53.3 Å². The first-order chi connectivity index (χ1) is 15.3. The lowest BCUT2D eigenvalue weighted by Gasteiger charge is -2.22. The van der Waals surface area contributed by atoms with E-state index in [1.54, 1.807) is 12.1 Å². The Morgan fingerprint density at radius 3 is 2.75 bits per heavy atom. The zero-order valence-corrected chi connectivity index (χ0v) is 16.9. The number of aliphatic hydroxyl groups is 1. The first-order valence-corrected chi connectivity index (χ1v) is 9.60. The van der Waals surface area contributed by atoms with Crippen molar-refractivity contribution < 1.29 is 27.5 Å². The molecule has 1 aromatic carbocycles. The number of hydrogen-bond donors (Lipinski definition) is 1. The van der Waals surface area contributed by atoms with Crippen LogP contribution < -0.4 is 4.90 Å². The number of rotatable bonds is 4. The van der Waals surface area contributed by atoms with Crippen molar-refractivity contribution >= 4 is 5.82 Å². The topological polar surface area (TPSA) is 97.4 Å². The Morgan fingerprint density at radius 2 is 2.09 bits per heavy atom. The molecule has 1 fully saturated rings. The second-order valence-corrected chi connectivity index (χ2v) is 7.15. The lowest BCUT2D eigenvalue weighted by Crippen LogP contribution is -2.34. The highest BCUT2D eigenvalue weighted by atomic mass is 19.4. The zero-order valence-electron chi connectivity index (χ0n) is 16.9. The second kappa shape index (κ2) is 8.57. The Labute approximate surface area is 181 Å². The molecule has 32 heavy (non-hydrogen) atoms. The monoisotopic (exact) mass is 445 g/mol. The van der Waals surface area contributed by atoms with E-state index in [9.17, 15) is 13.2 Å². The minimum atomic E-state index is -4.42. The van der Waals surface area contributed by atoms with Crippen LogP contribution in [0.25, 0.3) is 11.6 Å². The smallest absolute Gasteiger partial charge is 0.388 e. The highest BCUT2D eigenvalue weighted by Crippen LogP contribution is 2.30. The van der Waals surface area contributed by atoms with Gasteiger partial charge in [0.15, 0.2) is 17.3 Å². The van der Waals surface area contributed by atoms with E-state index in [-0.39, 0.29) is 23.9 Å². The minimum absolute atomic E-state index is 0.146. The van der Waals surface area contributed by atoms with E-state index in [2.05, 4.69) is 32.2 Å². The van der Waals surface area contributed by atoms with E-state index in [1.807, 2.05) is 4.90 Å². The molecule has 0 saturated carbocycles. The van der Waals surface area contributed by atoms with Gasteiger partial charge in [0.2, 0.25) is 0 Å². The molecule has 0 spiro atoms. The van der Waals surface area contributed by atoms with E-state index in [1.165, 1.54) is 19.2 Å². The van der Waals surface area contributed by atoms with Crippen molar-refractivity contribution in [1.82, 2.24) is 20.3 Å². The van der Waals surface area contributed by atoms with Gasteiger partial charge in [-0.25, -0.2) is 0 Å². The number of aliphatic hydroxyl groups excluding tert-OH is 1. The average Bonchev–Trinajstić information content (AvgIpc) is 3.46. The maximum Gasteiger partial charge on any atom is 0.416 e. The fourth-order valence-electron chi connectivity index (χ4n) is 3.29. The van der Waals surface area contributed by atoms with Crippen molar-refractivity contribution in [3.8, 4) is 23.4 Å². The van der Waals surface area contributed by atoms with Gasteiger partial charge < -0.3 is 19.3 Å². The molecule has 1 aliphatic heterocycles. The largest absolute Gasteiger partial charge is 0.416 e. The van der Waals surface area contributed by atoms with Crippen LogP contribution >= 0.6 is 0 Å². The third-order valence-corrected chi connectivity index (χ3v) is 5.05. The van der Waals surface area contributed by atoms with Crippen LogP contribution in [0.2, 0.25) is 0 Å². The van der Waals surface area contributed by atoms with Gasteiger partial charge in [0, 0.05) is 25.6 Å². The van der Waals surface area contributed by atoms with E-state index < -0.39 is 17.3 Å². The van der Waals surface area contributed by atoms with Crippen LogP contribution in [-0.2, 0) is 17.5 Å². The minimum Gasteiger partial charge on any atom is -0.388 e. The number of alkyl halides is 3. The highest BCUT2D eigenvalue weighted by molar-refractivity contribution is 5.51. The molecule has 0 bridgehead atoms. The number of aromatic nitrogens is 4. The zero-order chi connectivity index (χ0) is 22.8. The number of benzene rings is 1. The molecule has 2 aromatic heterocycles. The predicted molar refractivity (Wildman–Crippen MR) is 106 cm³/mol. The van der Waals surface area contributed by atoms with Crippen LogP contribution in [0.5, 0.6) is 0 Å². The average molecular weight is 445 g/mol. The van der Waals surface area contributed by atoms with Crippen molar-refractivity contribution in [2.24, 2.45) is 0 Å². The summed E-state index contributed by atoms with van der Waals surface area (Å²) in [7, 11) is 1.52. The van der Waals surface area contributed by atoms with E-state index in [0.717, 1.165) is 12.1 Å². The predicted octanol–water partition coefficient (Wildman–Crippen LogP) is 2.68. The van der Waals surface area contributed by atoms with Crippen LogP contribution in [0.15, 0.2) is 40.9 Å². The molecule has 0 amide bonds. The highest BCUT2D eigenvalue weighted by Gasteiger charge is 2.38. The number of anilines is 1. The first-order valence-electron chi connectivity index (χ1n) is 9.60. The van der Waals surface area contributed by atoms with Gasteiger partial charge in [-0.1, -0.05) is 23.1 Å². The van der Waals surface area contributed by atoms with Crippen molar-refractivity contribution in [2.45, 2.75) is 24.8 Å². The molecule has 4 rings (SSSR count). The summed E-state index contributed by atoms with van der Waals surface area (Å²) in [5.41, 5.74) is -0.966. The molecule has 11 heteroatoms. The summed E-state index contributed by atoms with van der Waals surface area (Å²) < 4.78 is 49.4. The summed E-state index contributed by atoms with van der Waals surface area (Å²) in [4.78, 5) is 5.91.